The minimum absolute atomic E-state index is 0.437. The number of hydrogen-bond donors (Lipinski definition) is 2. The van der Waals surface area contributed by atoms with Crippen molar-refractivity contribution >= 4 is 28.7 Å². The van der Waals surface area contributed by atoms with Gasteiger partial charge in [0.15, 0.2) is 5.82 Å². The fourth-order valence-electron chi connectivity index (χ4n) is 4.60. The molecule has 1 aliphatic rings. The molecule has 4 heterocycles. The number of nitrogens with one attached hydrogen (secondary N) is 1. The van der Waals surface area contributed by atoms with Gasteiger partial charge < -0.3 is 10.4 Å². The maximum atomic E-state index is 12.2. The summed E-state index contributed by atoms with van der Waals surface area (Å²) in [5.74, 6) is -0.287. The molecule has 4 aromatic rings. The molecule has 5 rings (SSSR count). The van der Waals surface area contributed by atoms with Gasteiger partial charge in [0.1, 0.15) is 16.9 Å². The van der Waals surface area contributed by atoms with Crippen molar-refractivity contribution in [1.82, 2.24) is 19.7 Å². The molecule has 3 aromatic heterocycles. The van der Waals surface area contributed by atoms with Crippen molar-refractivity contribution in [3.63, 3.8) is 0 Å². The number of thiophene rings is 1. The molecule has 0 radical (unpaired) electrons. The Hall–Kier alpha value is -3.85. The normalized spacial score (nSPS) is 15.4. The smallest absolute Gasteiger partial charge is 0.309 e. The van der Waals surface area contributed by atoms with Gasteiger partial charge in [0.05, 0.1) is 11.6 Å². The third kappa shape index (κ3) is 4.19. The molecule has 0 bridgehead atoms. The van der Waals surface area contributed by atoms with E-state index in [2.05, 4.69) is 34.3 Å². The van der Waals surface area contributed by atoms with Crippen molar-refractivity contribution in [1.29, 1.82) is 0 Å². The summed E-state index contributed by atoms with van der Waals surface area (Å²) in [5.41, 5.74) is 6.02. The largest absolute Gasteiger partial charge is 0.481 e. The van der Waals surface area contributed by atoms with Crippen LogP contribution in [0.4, 0.5) is 5.69 Å². The fraction of sp³-hybridized carbons (Fsp3) is 0.296. The Kier molecular flexibility index (Phi) is 6.40. The second-order valence-electron chi connectivity index (χ2n) is 8.97. The molecule has 1 aliphatic heterocycles. The summed E-state index contributed by atoms with van der Waals surface area (Å²) < 4.78 is 2.00. The van der Waals surface area contributed by atoms with E-state index in [1.807, 2.05) is 54.8 Å². The van der Waals surface area contributed by atoms with Gasteiger partial charge in [-0.25, -0.2) is 0 Å². The number of aromatic nitrogens is 4. The van der Waals surface area contributed by atoms with E-state index in [1.165, 1.54) is 4.88 Å². The number of carbonyl (C=O) groups is 1. The van der Waals surface area contributed by atoms with Gasteiger partial charge in [-0.15, -0.1) is 21.5 Å². The summed E-state index contributed by atoms with van der Waals surface area (Å²) in [6.07, 6.45) is 4.00. The topological polar surface area (TPSA) is 105 Å². The molecule has 0 spiro atoms. The van der Waals surface area contributed by atoms with Crippen LogP contribution in [-0.2, 0) is 11.3 Å². The van der Waals surface area contributed by atoms with Gasteiger partial charge in [-0.1, -0.05) is 19.1 Å². The zero-order valence-electron chi connectivity index (χ0n) is 20.7. The van der Waals surface area contributed by atoms with E-state index in [9.17, 15) is 9.90 Å². The molecule has 8 nitrogen and oxygen atoms in total. The first-order valence-electron chi connectivity index (χ1n) is 12.0. The van der Waals surface area contributed by atoms with Crippen LogP contribution in [0.1, 0.15) is 58.2 Å². The number of aliphatic imine (C=N–C) groups is 1. The number of carboxylic acid groups (broad SMARTS) is 1. The van der Waals surface area contributed by atoms with Gasteiger partial charge in [-0.05, 0) is 62.6 Å². The quantitative estimate of drug-likeness (QED) is 0.358. The molecule has 2 N–H and O–H groups in total. The van der Waals surface area contributed by atoms with Crippen LogP contribution < -0.4 is 5.32 Å². The van der Waals surface area contributed by atoms with E-state index in [-0.39, 0.29) is 0 Å². The van der Waals surface area contributed by atoms with Crippen LogP contribution in [0.5, 0.6) is 0 Å². The Bertz CT molecular complexity index is 1440. The van der Waals surface area contributed by atoms with Gasteiger partial charge in [-0.2, -0.15) is 0 Å². The number of pyridine rings is 1. The highest BCUT2D eigenvalue weighted by Crippen LogP contribution is 2.41. The standard InChI is InChI=1S/C27H28N6O2S/c1-5-21(27(34)35)24-25-32-31-17(4)33(25)26-22(15(2)16(3)36-26)23(30-24)19-6-8-20(9-7-19)29-14-18-10-12-28-13-11-18/h6-13,21,24,29H,5,14H2,1-4H3,(H,34,35)/t21-,24?/m0/s1. The number of fused-ring (bicyclic) bond motifs is 3. The van der Waals surface area contributed by atoms with Crippen LogP contribution in [-0.4, -0.2) is 36.5 Å². The molecule has 0 aliphatic carbocycles. The summed E-state index contributed by atoms with van der Waals surface area (Å²) in [5, 5.41) is 23.2. The Labute approximate surface area is 213 Å². The SMILES string of the molecule is CC[C@H](C(=O)O)C1N=C(c2ccc(NCc3ccncc3)cc2)c2c(sc(C)c2C)-n2c(C)nnc21. The zero-order chi connectivity index (χ0) is 25.4. The number of nitrogens with zero attached hydrogens (tertiary/aromatic N) is 5. The second kappa shape index (κ2) is 9.66. The highest BCUT2D eigenvalue weighted by molar-refractivity contribution is 7.15. The van der Waals surface area contributed by atoms with Crippen LogP contribution in [0, 0.1) is 26.7 Å². The van der Waals surface area contributed by atoms with Gasteiger partial charge in [0, 0.05) is 40.6 Å². The van der Waals surface area contributed by atoms with Crippen LogP contribution in [0.15, 0.2) is 53.8 Å². The lowest BCUT2D eigenvalue weighted by molar-refractivity contribution is -0.142. The van der Waals surface area contributed by atoms with E-state index in [0.717, 1.165) is 44.5 Å². The Morgan fingerprint density at radius 2 is 1.83 bits per heavy atom. The number of rotatable bonds is 7. The van der Waals surface area contributed by atoms with E-state index < -0.39 is 17.9 Å². The number of hydrogen-bond acceptors (Lipinski definition) is 7. The second-order valence-corrected chi connectivity index (χ2v) is 10.2. The van der Waals surface area contributed by atoms with Crippen molar-refractivity contribution in [2.75, 3.05) is 5.32 Å². The molecule has 36 heavy (non-hydrogen) atoms. The molecule has 1 aromatic carbocycles. The molecule has 0 fully saturated rings. The van der Waals surface area contributed by atoms with Gasteiger partial charge in [-0.3, -0.25) is 19.3 Å². The maximum Gasteiger partial charge on any atom is 0.309 e. The van der Waals surface area contributed by atoms with Crippen molar-refractivity contribution in [3.8, 4) is 5.00 Å². The fourth-order valence-corrected chi connectivity index (χ4v) is 5.81. The average Bonchev–Trinajstić information content (AvgIpc) is 3.35. The molecule has 9 heteroatoms. The molecule has 2 atom stereocenters. The first-order chi connectivity index (χ1) is 17.4. The lowest BCUT2D eigenvalue weighted by Crippen LogP contribution is -2.23. The molecule has 184 valence electrons. The predicted molar refractivity (Wildman–Crippen MR) is 141 cm³/mol. The third-order valence-corrected chi connectivity index (χ3v) is 7.92. The van der Waals surface area contributed by atoms with Crippen LogP contribution in [0.3, 0.4) is 0 Å². The lowest BCUT2D eigenvalue weighted by atomic mass is 9.95. The van der Waals surface area contributed by atoms with E-state index in [1.54, 1.807) is 23.7 Å². The molecule has 1 unspecified atom stereocenters. The minimum Gasteiger partial charge on any atom is -0.481 e. The van der Waals surface area contributed by atoms with E-state index in [4.69, 9.17) is 4.99 Å². The zero-order valence-corrected chi connectivity index (χ0v) is 21.5. The summed E-state index contributed by atoms with van der Waals surface area (Å²) in [6.45, 7) is 8.67. The highest BCUT2D eigenvalue weighted by Gasteiger charge is 2.37. The number of carboxylic acids is 1. The maximum absolute atomic E-state index is 12.2. The number of aryl methyl sites for hydroxylation is 2. The summed E-state index contributed by atoms with van der Waals surface area (Å²) in [7, 11) is 0. The summed E-state index contributed by atoms with van der Waals surface area (Å²) >= 11 is 1.67. The van der Waals surface area contributed by atoms with Crippen molar-refractivity contribution in [2.24, 2.45) is 10.9 Å². The Balaban J connectivity index is 1.60. The van der Waals surface area contributed by atoms with Crippen LogP contribution in [0.2, 0.25) is 0 Å². The highest BCUT2D eigenvalue weighted by atomic mass is 32.1. The molecular weight excluding hydrogens is 472 g/mol. The Morgan fingerprint density at radius 1 is 1.11 bits per heavy atom. The van der Waals surface area contributed by atoms with E-state index >= 15 is 0 Å². The number of aliphatic carboxylic acids is 1. The van der Waals surface area contributed by atoms with Crippen molar-refractivity contribution < 1.29 is 9.90 Å². The first kappa shape index (κ1) is 23.9. The van der Waals surface area contributed by atoms with Crippen molar-refractivity contribution in [2.45, 2.75) is 46.7 Å². The number of anilines is 1. The lowest BCUT2D eigenvalue weighted by Gasteiger charge is -2.19. The van der Waals surface area contributed by atoms with Crippen LogP contribution in [0.25, 0.3) is 5.00 Å². The monoisotopic (exact) mass is 500 g/mol. The van der Waals surface area contributed by atoms with Gasteiger partial charge >= 0.3 is 5.97 Å². The first-order valence-corrected chi connectivity index (χ1v) is 12.8. The summed E-state index contributed by atoms with van der Waals surface area (Å²) in [4.78, 5) is 22.6. The molecule has 0 amide bonds. The van der Waals surface area contributed by atoms with Gasteiger partial charge in [0.2, 0.25) is 0 Å². The van der Waals surface area contributed by atoms with Crippen molar-refractivity contribution in [3.05, 3.63) is 87.6 Å². The van der Waals surface area contributed by atoms with Gasteiger partial charge in [0.25, 0.3) is 0 Å². The van der Waals surface area contributed by atoms with Crippen LogP contribution >= 0.6 is 11.3 Å². The molecular formula is C27H28N6O2S. The average molecular weight is 501 g/mol. The molecule has 0 saturated heterocycles. The molecule has 0 saturated carbocycles. The Morgan fingerprint density at radius 3 is 2.50 bits per heavy atom. The predicted octanol–water partition coefficient (Wildman–Crippen LogP) is 5.26. The third-order valence-electron chi connectivity index (χ3n) is 6.73. The van der Waals surface area contributed by atoms with E-state index in [0.29, 0.717) is 18.8 Å². The number of benzene rings is 1. The summed E-state index contributed by atoms with van der Waals surface area (Å²) in [6, 6.07) is 11.5. The minimum atomic E-state index is -0.883.